The molecule has 17 heavy (non-hydrogen) atoms. The first kappa shape index (κ1) is 12.1. The Morgan fingerprint density at radius 2 is 2.29 bits per heavy atom. The second-order valence-electron chi connectivity index (χ2n) is 3.77. The van der Waals surface area contributed by atoms with Gasteiger partial charge in [0.25, 0.3) is 0 Å². The predicted octanol–water partition coefficient (Wildman–Crippen LogP) is 2.67. The number of carbonyl (C=O) groups excluding carboxylic acids is 1. The Morgan fingerprint density at radius 1 is 1.53 bits per heavy atom. The lowest BCUT2D eigenvalue weighted by molar-refractivity contribution is -0.143. The van der Waals surface area contributed by atoms with E-state index in [9.17, 15) is 4.79 Å². The van der Waals surface area contributed by atoms with E-state index in [2.05, 4.69) is 21.0 Å². The molecule has 0 bridgehead atoms. The molecule has 4 nitrogen and oxygen atoms in total. The van der Waals surface area contributed by atoms with Crippen LogP contribution in [0.1, 0.15) is 12.5 Å². The van der Waals surface area contributed by atoms with E-state index in [4.69, 9.17) is 4.74 Å². The Labute approximate surface area is 108 Å². The third kappa shape index (κ3) is 2.49. The van der Waals surface area contributed by atoms with Gasteiger partial charge in [0.15, 0.2) is 0 Å². The molecule has 0 saturated carbocycles. The van der Waals surface area contributed by atoms with E-state index in [1.807, 2.05) is 25.1 Å². The third-order valence-electron chi connectivity index (χ3n) is 2.45. The fraction of sp³-hybridized carbons (Fsp3) is 0.333. The minimum absolute atomic E-state index is 0.138. The number of halogens is 1. The van der Waals surface area contributed by atoms with Crippen LogP contribution in [0.5, 0.6) is 0 Å². The van der Waals surface area contributed by atoms with Crippen molar-refractivity contribution in [3.8, 4) is 0 Å². The first-order valence-electron chi connectivity index (χ1n) is 5.40. The fourth-order valence-electron chi connectivity index (χ4n) is 1.70. The maximum Gasteiger partial charge on any atom is 0.327 e. The predicted molar refractivity (Wildman–Crippen MR) is 68.8 cm³/mol. The summed E-state index contributed by atoms with van der Waals surface area (Å²) in [4.78, 5) is 11.4. The molecule has 0 unspecified atom stereocenters. The number of hydrogen-bond donors (Lipinski definition) is 0. The molecule has 5 heteroatoms. The van der Waals surface area contributed by atoms with E-state index in [1.165, 1.54) is 0 Å². The van der Waals surface area contributed by atoms with Crippen molar-refractivity contribution in [1.82, 2.24) is 9.78 Å². The van der Waals surface area contributed by atoms with Crippen molar-refractivity contribution in [2.24, 2.45) is 0 Å². The molecular formula is C12H13BrN2O2. The topological polar surface area (TPSA) is 44.1 Å². The van der Waals surface area contributed by atoms with Crippen LogP contribution in [0.4, 0.5) is 0 Å². The molecule has 0 aliphatic carbocycles. The van der Waals surface area contributed by atoms with E-state index in [0.29, 0.717) is 6.61 Å². The van der Waals surface area contributed by atoms with Gasteiger partial charge in [-0.25, -0.2) is 0 Å². The summed E-state index contributed by atoms with van der Waals surface area (Å²) in [7, 11) is 0. The highest BCUT2D eigenvalue weighted by molar-refractivity contribution is 9.10. The van der Waals surface area contributed by atoms with Crippen molar-refractivity contribution in [1.29, 1.82) is 0 Å². The number of nitrogens with zero attached hydrogens (tertiary/aromatic N) is 2. The quantitative estimate of drug-likeness (QED) is 0.818. The number of rotatable bonds is 3. The van der Waals surface area contributed by atoms with Gasteiger partial charge in [0.05, 0.1) is 12.1 Å². The van der Waals surface area contributed by atoms with Gasteiger partial charge in [-0.2, -0.15) is 5.10 Å². The Hall–Kier alpha value is -1.36. The normalized spacial score (nSPS) is 10.8. The lowest BCUT2D eigenvalue weighted by Crippen LogP contribution is -2.14. The van der Waals surface area contributed by atoms with Gasteiger partial charge in [-0.1, -0.05) is 11.6 Å². The van der Waals surface area contributed by atoms with Crippen LogP contribution in [-0.2, 0) is 16.1 Å². The summed E-state index contributed by atoms with van der Waals surface area (Å²) >= 11 is 3.40. The number of carbonyl (C=O) groups is 1. The molecule has 0 aliphatic rings. The molecule has 0 N–H and O–H groups in total. The summed E-state index contributed by atoms with van der Waals surface area (Å²) in [5.74, 6) is -0.273. The van der Waals surface area contributed by atoms with Crippen molar-refractivity contribution in [2.75, 3.05) is 6.61 Å². The smallest absolute Gasteiger partial charge is 0.327 e. The zero-order chi connectivity index (χ0) is 12.4. The molecular weight excluding hydrogens is 284 g/mol. The average Bonchev–Trinajstić information content (AvgIpc) is 2.56. The van der Waals surface area contributed by atoms with Crippen LogP contribution in [0.15, 0.2) is 22.8 Å². The number of esters is 1. The maximum absolute atomic E-state index is 11.4. The summed E-state index contributed by atoms with van der Waals surface area (Å²) in [6, 6.07) is 5.99. The Morgan fingerprint density at radius 3 is 3.00 bits per heavy atom. The number of benzene rings is 1. The summed E-state index contributed by atoms with van der Waals surface area (Å²) in [5, 5.41) is 5.29. The van der Waals surface area contributed by atoms with Crippen molar-refractivity contribution in [2.45, 2.75) is 20.4 Å². The number of aryl methyl sites for hydroxylation is 1. The molecule has 1 heterocycles. The van der Waals surface area contributed by atoms with Crippen LogP contribution in [0.25, 0.3) is 10.9 Å². The van der Waals surface area contributed by atoms with Crippen LogP contribution >= 0.6 is 15.9 Å². The van der Waals surface area contributed by atoms with Gasteiger partial charge in [0, 0.05) is 5.39 Å². The minimum atomic E-state index is -0.273. The second kappa shape index (κ2) is 4.87. The molecule has 90 valence electrons. The summed E-state index contributed by atoms with van der Waals surface area (Å²) in [6.07, 6.45) is 0. The van der Waals surface area contributed by atoms with Crippen molar-refractivity contribution < 1.29 is 9.53 Å². The van der Waals surface area contributed by atoms with E-state index in [0.717, 1.165) is 21.1 Å². The van der Waals surface area contributed by atoms with Crippen LogP contribution < -0.4 is 0 Å². The third-order valence-corrected chi connectivity index (χ3v) is 3.03. The zero-order valence-corrected chi connectivity index (χ0v) is 11.3. The lowest BCUT2D eigenvalue weighted by Gasteiger charge is -2.03. The van der Waals surface area contributed by atoms with Crippen molar-refractivity contribution in [3.05, 3.63) is 28.4 Å². The van der Waals surface area contributed by atoms with Gasteiger partial charge in [-0.15, -0.1) is 0 Å². The fourth-order valence-corrected chi connectivity index (χ4v) is 2.21. The van der Waals surface area contributed by atoms with E-state index >= 15 is 0 Å². The molecule has 0 aliphatic heterocycles. The molecule has 0 amide bonds. The highest BCUT2D eigenvalue weighted by Gasteiger charge is 2.11. The largest absolute Gasteiger partial charge is 0.465 e. The minimum Gasteiger partial charge on any atom is -0.465 e. The van der Waals surface area contributed by atoms with E-state index in [1.54, 1.807) is 11.6 Å². The van der Waals surface area contributed by atoms with Gasteiger partial charge in [-0.3, -0.25) is 9.48 Å². The Bertz CT molecular complexity index is 563. The standard InChI is InChI=1S/C12H13BrN2O2/c1-3-17-11(16)7-15-10-5-4-8(2)6-9(10)12(13)14-15/h4-6H,3,7H2,1-2H3. The molecule has 2 rings (SSSR count). The van der Waals surface area contributed by atoms with Gasteiger partial charge in [0.1, 0.15) is 11.1 Å². The summed E-state index contributed by atoms with van der Waals surface area (Å²) in [5.41, 5.74) is 2.09. The molecule has 0 fully saturated rings. The molecule has 2 aromatic rings. The molecule has 1 aromatic carbocycles. The number of ether oxygens (including phenoxy) is 1. The van der Waals surface area contributed by atoms with Gasteiger partial charge in [-0.05, 0) is 41.9 Å². The van der Waals surface area contributed by atoms with Crippen molar-refractivity contribution in [3.63, 3.8) is 0 Å². The number of hydrogen-bond acceptors (Lipinski definition) is 3. The van der Waals surface area contributed by atoms with Gasteiger partial charge < -0.3 is 4.74 Å². The highest BCUT2D eigenvalue weighted by atomic mass is 79.9. The first-order valence-corrected chi connectivity index (χ1v) is 6.19. The van der Waals surface area contributed by atoms with Crippen LogP contribution in [-0.4, -0.2) is 22.4 Å². The monoisotopic (exact) mass is 296 g/mol. The molecule has 1 aromatic heterocycles. The number of fused-ring (bicyclic) bond motifs is 1. The van der Waals surface area contributed by atoms with Crippen LogP contribution in [0, 0.1) is 6.92 Å². The molecule has 0 spiro atoms. The summed E-state index contributed by atoms with van der Waals surface area (Å²) < 4.78 is 7.31. The van der Waals surface area contributed by atoms with E-state index < -0.39 is 0 Å². The van der Waals surface area contributed by atoms with Gasteiger partial charge in [0.2, 0.25) is 0 Å². The van der Waals surface area contributed by atoms with Crippen LogP contribution in [0.2, 0.25) is 0 Å². The average molecular weight is 297 g/mol. The highest BCUT2D eigenvalue weighted by Crippen LogP contribution is 2.24. The van der Waals surface area contributed by atoms with Crippen LogP contribution in [0.3, 0.4) is 0 Å². The Kier molecular flexibility index (Phi) is 3.47. The van der Waals surface area contributed by atoms with Gasteiger partial charge >= 0.3 is 5.97 Å². The number of aromatic nitrogens is 2. The van der Waals surface area contributed by atoms with E-state index in [-0.39, 0.29) is 12.5 Å². The zero-order valence-electron chi connectivity index (χ0n) is 9.74. The molecule has 0 atom stereocenters. The first-order chi connectivity index (χ1) is 8.11. The van der Waals surface area contributed by atoms with Crippen molar-refractivity contribution >= 4 is 32.8 Å². The molecule has 0 radical (unpaired) electrons. The molecule has 0 saturated heterocycles. The SMILES string of the molecule is CCOC(=O)Cn1nc(Br)c2cc(C)ccc21. The maximum atomic E-state index is 11.4. The lowest BCUT2D eigenvalue weighted by atomic mass is 10.2. The second-order valence-corrected chi connectivity index (χ2v) is 4.53. The summed E-state index contributed by atoms with van der Waals surface area (Å²) in [6.45, 7) is 4.34. The Balaban J connectivity index is 2.38.